The summed E-state index contributed by atoms with van der Waals surface area (Å²) in [7, 11) is 0. The van der Waals surface area contributed by atoms with Gasteiger partial charge in [-0.25, -0.2) is 0 Å². The zero-order valence-corrected chi connectivity index (χ0v) is 12.6. The first kappa shape index (κ1) is 17.4. The molecule has 0 aromatic heterocycles. The van der Waals surface area contributed by atoms with Gasteiger partial charge in [0, 0.05) is 25.6 Å². The first-order valence-corrected chi connectivity index (χ1v) is 6.83. The molecule has 0 fully saturated rings. The standard InChI is InChI=1S/C14H30N2O2/c1-11(2)6-8-18-9-7-16-13(17)10-12(15)14(3,4)5/h11-12H,6-10,15H2,1-5H3,(H,16,17). The molecular formula is C14H30N2O2. The molecule has 0 saturated heterocycles. The number of amides is 1. The van der Waals surface area contributed by atoms with Crippen LogP contribution in [-0.4, -0.2) is 31.7 Å². The Kier molecular flexibility index (Phi) is 8.20. The predicted molar refractivity (Wildman–Crippen MR) is 75.3 cm³/mol. The van der Waals surface area contributed by atoms with Crippen molar-refractivity contribution in [3.8, 4) is 0 Å². The quantitative estimate of drug-likeness (QED) is 0.654. The maximum absolute atomic E-state index is 11.6. The fourth-order valence-electron chi connectivity index (χ4n) is 1.26. The van der Waals surface area contributed by atoms with Crippen molar-refractivity contribution in [1.29, 1.82) is 0 Å². The number of hydrogen-bond donors (Lipinski definition) is 2. The molecule has 0 aliphatic heterocycles. The Labute approximate surface area is 112 Å². The molecule has 3 N–H and O–H groups in total. The molecule has 0 aromatic carbocycles. The van der Waals surface area contributed by atoms with Crippen LogP contribution in [0.1, 0.15) is 47.5 Å². The molecule has 4 nitrogen and oxygen atoms in total. The summed E-state index contributed by atoms with van der Waals surface area (Å²) >= 11 is 0. The number of hydrogen-bond acceptors (Lipinski definition) is 3. The minimum atomic E-state index is -0.112. The molecule has 1 atom stereocenters. The van der Waals surface area contributed by atoms with Crippen LogP contribution in [0.3, 0.4) is 0 Å². The van der Waals surface area contributed by atoms with E-state index in [1.165, 1.54) is 0 Å². The van der Waals surface area contributed by atoms with Crippen molar-refractivity contribution in [3.05, 3.63) is 0 Å². The lowest BCUT2D eigenvalue weighted by Crippen LogP contribution is -2.40. The summed E-state index contributed by atoms with van der Waals surface area (Å²) in [5.74, 6) is 0.661. The van der Waals surface area contributed by atoms with Gasteiger partial charge >= 0.3 is 0 Å². The van der Waals surface area contributed by atoms with Crippen LogP contribution in [0.5, 0.6) is 0 Å². The van der Waals surface area contributed by atoms with Gasteiger partial charge in [-0.15, -0.1) is 0 Å². The molecule has 108 valence electrons. The SMILES string of the molecule is CC(C)CCOCCNC(=O)CC(N)C(C)(C)C. The highest BCUT2D eigenvalue weighted by Crippen LogP contribution is 2.19. The maximum atomic E-state index is 11.6. The van der Waals surface area contributed by atoms with E-state index in [0.717, 1.165) is 13.0 Å². The Bertz CT molecular complexity index is 234. The van der Waals surface area contributed by atoms with Gasteiger partial charge in [0.25, 0.3) is 0 Å². The van der Waals surface area contributed by atoms with Crippen molar-refractivity contribution in [2.75, 3.05) is 19.8 Å². The average molecular weight is 258 g/mol. The summed E-state index contributed by atoms with van der Waals surface area (Å²) in [5.41, 5.74) is 5.91. The van der Waals surface area contributed by atoms with Crippen molar-refractivity contribution < 1.29 is 9.53 Å². The zero-order valence-electron chi connectivity index (χ0n) is 12.6. The highest BCUT2D eigenvalue weighted by atomic mass is 16.5. The van der Waals surface area contributed by atoms with Gasteiger partial charge in [-0.05, 0) is 17.8 Å². The van der Waals surface area contributed by atoms with Gasteiger partial charge in [-0.2, -0.15) is 0 Å². The summed E-state index contributed by atoms with van der Waals surface area (Å²) in [5, 5.41) is 2.83. The number of ether oxygens (including phenoxy) is 1. The molecule has 0 heterocycles. The van der Waals surface area contributed by atoms with E-state index < -0.39 is 0 Å². The Hall–Kier alpha value is -0.610. The van der Waals surface area contributed by atoms with Gasteiger partial charge in [0.15, 0.2) is 0 Å². The van der Waals surface area contributed by atoms with Gasteiger partial charge in [0.05, 0.1) is 6.61 Å². The van der Waals surface area contributed by atoms with Crippen LogP contribution in [0.2, 0.25) is 0 Å². The van der Waals surface area contributed by atoms with E-state index in [1.807, 2.05) is 20.8 Å². The van der Waals surface area contributed by atoms with Crippen LogP contribution in [0.25, 0.3) is 0 Å². The van der Waals surface area contributed by atoms with Crippen LogP contribution in [-0.2, 0) is 9.53 Å². The van der Waals surface area contributed by atoms with Crippen molar-refractivity contribution in [2.45, 2.75) is 53.5 Å². The van der Waals surface area contributed by atoms with E-state index in [0.29, 0.717) is 25.5 Å². The Morgan fingerprint density at radius 3 is 2.39 bits per heavy atom. The van der Waals surface area contributed by atoms with Gasteiger partial charge in [0.2, 0.25) is 5.91 Å². The molecule has 1 amide bonds. The van der Waals surface area contributed by atoms with Gasteiger partial charge in [-0.1, -0.05) is 34.6 Å². The molecular weight excluding hydrogens is 228 g/mol. The zero-order chi connectivity index (χ0) is 14.2. The van der Waals surface area contributed by atoms with Crippen molar-refractivity contribution in [2.24, 2.45) is 17.1 Å². The molecule has 4 heteroatoms. The number of rotatable bonds is 8. The molecule has 0 spiro atoms. The van der Waals surface area contributed by atoms with E-state index in [-0.39, 0.29) is 17.4 Å². The molecule has 0 bridgehead atoms. The Morgan fingerprint density at radius 2 is 1.89 bits per heavy atom. The molecule has 18 heavy (non-hydrogen) atoms. The van der Waals surface area contributed by atoms with Crippen molar-refractivity contribution >= 4 is 5.91 Å². The topological polar surface area (TPSA) is 64.3 Å². The lowest BCUT2D eigenvalue weighted by Gasteiger charge is -2.26. The molecule has 1 unspecified atom stereocenters. The van der Waals surface area contributed by atoms with Gasteiger partial charge < -0.3 is 15.8 Å². The second kappa shape index (κ2) is 8.48. The first-order chi connectivity index (χ1) is 8.23. The third-order valence-electron chi connectivity index (χ3n) is 2.93. The smallest absolute Gasteiger partial charge is 0.221 e. The fraction of sp³-hybridized carbons (Fsp3) is 0.929. The van der Waals surface area contributed by atoms with E-state index in [1.54, 1.807) is 0 Å². The third-order valence-corrected chi connectivity index (χ3v) is 2.93. The molecule has 0 rings (SSSR count). The fourth-order valence-corrected chi connectivity index (χ4v) is 1.26. The van der Waals surface area contributed by atoms with E-state index in [2.05, 4.69) is 19.2 Å². The van der Waals surface area contributed by atoms with Gasteiger partial charge in [-0.3, -0.25) is 4.79 Å². The van der Waals surface area contributed by atoms with E-state index in [9.17, 15) is 4.79 Å². The predicted octanol–water partition coefficient (Wildman–Crippen LogP) is 1.93. The molecule has 0 aliphatic carbocycles. The van der Waals surface area contributed by atoms with Crippen LogP contribution < -0.4 is 11.1 Å². The third kappa shape index (κ3) is 9.42. The van der Waals surface area contributed by atoms with Gasteiger partial charge in [0.1, 0.15) is 0 Å². The molecule has 0 radical (unpaired) electrons. The lowest BCUT2D eigenvalue weighted by atomic mass is 9.85. The largest absolute Gasteiger partial charge is 0.380 e. The lowest BCUT2D eigenvalue weighted by molar-refractivity contribution is -0.122. The number of carbonyl (C=O) groups excluding carboxylic acids is 1. The average Bonchev–Trinajstić information content (AvgIpc) is 2.21. The van der Waals surface area contributed by atoms with Crippen LogP contribution in [0, 0.1) is 11.3 Å². The molecule has 0 aromatic rings. The molecule has 0 aliphatic rings. The second-order valence-corrected chi connectivity index (χ2v) is 6.32. The van der Waals surface area contributed by atoms with Crippen LogP contribution in [0.15, 0.2) is 0 Å². The summed E-state index contributed by atoms with van der Waals surface area (Å²) in [4.78, 5) is 11.6. The Morgan fingerprint density at radius 1 is 1.28 bits per heavy atom. The molecule has 0 saturated carbocycles. The summed E-state index contributed by atoms with van der Waals surface area (Å²) < 4.78 is 5.42. The van der Waals surface area contributed by atoms with Crippen LogP contribution in [0.4, 0.5) is 0 Å². The number of nitrogens with two attached hydrogens (primary N) is 1. The van der Waals surface area contributed by atoms with Crippen molar-refractivity contribution in [3.63, 3.8) is 0 Å². The summed E-state index contributed by atoms with van der Waals surface area (Å²) in [6.45, 7) is 12.4. The highest BCUT2D eigenvalue weighted by molar-refractivity contribution is 5.76. The minimum absolute atomic E-state index is 0.00452. The Balaban J connectivity index is 3.54. The first-order valence-electron chi connectivity index (χ1n) is 6.83. The van der Waals surface area contributed by atoms with E-state index >= 15 is 0 Å². The summed E-state index contributed by atoms with van der Waals surface area (Å²) in [6.07, 6.45) is 1.43. The minimum Gasteiger partial charge on any atom is -0.380 e. The normalized spacial score (nSPS) is 13.7. The van der Waals surface area contributed by atoms with E-state index in [4.69, 9.17) is 10.5 Å². The van der Waals surface area contributed by atoms with Crippen molar-refractivity contribution in [1.82, 2.24) is 5.32 Å². The monoisotopic (exact) mass is 258 g/mol. The summed E-state index contributed by atoms with van der Waals surface area (Å²) in [6, 6.07) is -0.112. The highest BCUT2D eigenvalue weighted by Gasteiger charge is 2.22. The number of nitrogens with one attached hydrogen (secondary N) is 1. The maximum Gasteiger partial charge on any atom is 0.221 e. The number of carbonyl (C=O) groups is 1. The second-order valence-electron chi connectivity index (χ2n) is 6.32. The van der Waals surface area contributed by atoms with Crippen LogP contribution >= 0.6 is 0 Å².